The summed E-state index contributed by atoms with van der Waals surface area (Å²) in [4.78, 5) is 24.6. The van der Waals surface area contributed by atoms with E-state index in [1.807, 2.05) is 6.07 Å². The van der Waals surface area contributed by atoms with E-state index < -0.39 is 23.5 Å². The summed E-state index contributed by atoms with van der Waals surface area (Å²) in [7, 11) is 1.14. The molecule has 1 aromatic carbocycles. The minimum atomic E-state index is -2.00. The van der Waals surface area contributed by atoms with Gasteiger partial charge in [-0.1, -0.05) is 48.6 Å². The van der Waals surface area contributed by atoms with E-state index >= 15 is 4.39 Å². The Balaban J connectivity index is 2.49. The number of rotatable bonds is 4. The number of hydrogen-bond acceptors (Lipinski definition) is 3. The minimum absolute atomic E-state index is 0.278. The molecule has 1 aliphatic carbocycles. The van der Waals surface area contributed by atoms with Crippen LogP contribution in [-0.2, 0) is 14.3 Å². The molecule has 0 spiro atoms. The second-order valence-corrected chi connectivity index (χ2v) is 4.93. The molecule has 2 unspecified atom stereocenters. The summed E-state index contributed by atoms with van der Waals surface area (Å²) in [5.74, 6) is -1.61. The Kier molecular flexibility index (Phi) is 4.75. The van der Waals surface area contributed by atoms with Gasteiger partial charge in [0.05, 0.1) is 7.11 Å². The van der Waals surface area contributed by atoms with Gasteiger partial charge in [-0.3, -0.25) is 9.59 Å². The van der Waals surface area contributed by atoms with Gasteiger partial charge in [-0.15, -0.1) is 0 Å². The highest BCUT2D eigenvalue weighted by Crippen LogP contribution is 2.40. The quantitative estimate of drug-likeness (QED) is 0.686. The average molecular weight is 303 g/mol. The van der Waals surface area contributed by atoms with Crippen molar-refractivity contribution in [1.29, 1.82) is 0 Å². The molecule has 0 radical (unpaired) electrons. The third-order valence-electron chi connectivity index (χ3n) is 3.65. The molecule has 2 atom stereocenters. The van der Waals surface area contributed by atoms with Crippen LogP contribution in [0.15, 0.2) is 48.6 Å². The number of amides is 1. The molecule has 1 N–H and O–H groups in total. The molecule has 0 saturated carbocycles. The minimum Gasteiger partial charge on any atom is -0.468 e. The molecule has 0 fully saturated rings. The van der Waals surface area contributed by atoms with Crippen LogP contribution in [0, 0.1) is 5.41 Å². The van der Waals surface area contributed by atoms with Crippen molar-refractivity contribution in [2.24, 2.45) is 5.41 Å². The first-order chi connectivity index (χ1) is 10.6. The number of allylic oxidation sites excluding steroid dienone is 3. The number of alkyl halides is 1. The summed E-state index contributed by atoms with van der Waals surface area (Å²) in [6.07, 6.45) is 2.53. The SMILES string of the molecule is CCNC(=O)C1(C(=O)OC)C=CC=C(c2ccccc2)C1F. The Labute approximate surface area is 128 Å². The zero-order valence-corrected chi connectivity index (χ0v) is 12.5. The third-order valence-corrected chi connectivity index (χ3v) is 3.65. The average Bonchev–Trinajstić information content (AvgIpc) is 2.55. The predicted octanol–water partition coefficient (Wildman–Crippen LogP) is 2.27. The number of ether oxygens (including phenoxy) is 1. The van der Waals surface area contributed by atoms with Gasteiger partial charge >= 0.3 is 5.97 Å². The van der Waals surface area contributed by atoms with Crippen molar-refractivity contribution >= 4 is 17.4 Å². The molecule has 0 saturated heterocycles. The highest BCUT2D eigenvalue weighted by molar-refractivity contribution is 6.08. The number of carbonyl (C=O) groups excluding carboxylic acids is 2. The van der Waals surface area contributed by atoms with Crippen molar-refractivity contribution in [3.05, 3.63) is 54.1 Å². The standard InChI is InChI=1S/C17H18FNO3/c1-3-19-15(20)17(16(21)22-2)11-7-10-13(14(17)18)12-8-5-4-6-9-12/h4-11,14H,3H2,1-2H3,(H,19,20). The van der Waals surface area contributed by atoms with E-state index in [0.717, 1.165) is 7.11 Å². The van der Waals surface area contributed by atoms with E-state index in [1.165, 1.54) is 12.2 Å². The van der Waals surface area contributed by atoms with E-state index in [4.69, 9.17) is 4.74 Å². The van der Waals surface area contributed by atoms with Crippen molar-refractivity contribution in [2.75, 3.05) is 13.7 Å². The molecule has 116 valence electrons. The predicted molar refractivity (Wildman–Crippen MR) is 81.6 cm³/mol. The Morgan fingerprint density at radius 1 is 1.32 bits per heavy atom. The van der Waals surface area contributed by atoms with Crippen molar-refractivity contribution < 1.29 is 18.7 Å². The molecule has 4 nitrogen and oxygen atoms in total. The molecule has 22 heavy (non-hydrogen) atoms. The van der Waals surface area contributed by atoms with Gasteiger partial charge in [0.1, 0.15) is 0 Å². The Morgan fingerprint density at radius 2 is 2.00 bits per heavy atom. The molecule has 0 bridgehead atoms. The maximum Gasteiger partial charge on any atom is 0.328 e. The normalized spacial score (nSPS) is 23.6. The first-order valence-corrected chi connectivity index (χ1v) is 7.03. The van der Waals surface area contributed by atoms with Crippen LogP contribution in [0.2, 0.25) is 0 Å². The maximum absolute atomic E-state index is 15.2. The van der Waals surface area contributed by atoms with Gasteiger partial charge in [0.25, 0.3) is 0 Å². The summed E-state index contributed by atoms with van der Waals surface area (Å²) in [6, 6.07) is 8.82. The van der Waals surface area contributed by atoms with Crippen LogP contribution in [-0.4, -0.2) is 31.7 Å². The number of esters is 1. The van der Waals surface area contributed by atoms with E-state index in [9.17, 15) is 9.59 Å². The summed E-state index contributed by atoms with van der Waals surface area (Å²) < 4.78 is 19.9. The third kappa shape index (κ3) is 2.54. The highest BCUT2D eigenvalue weighted by Gasteiger charge is 2.54. The van der Waals surface area contributed by atoms with Crippen molar-refractivity contribution in [2.45, 2.75) is 13.1 Å². The number of nitrogens with one attached hydrogen (secondary N) is 1. The number of benzene rings is 1. The van der Waals surface area contributed by atoms with Crippen LogP contribution in [0.5, 0.6) is 0 Å². The largest absolute Gasteiger partial charge is 0.468 e. The Morgan fingerprint density at radius 3 is 2.59 bits per heavy atom. The molecule has 2 rings (SSSR count). The molecule has 5 heteroatoms. The van der Waals surface area contributed by atoms with Crippen LogP contribution in [0.4, 0.5) is 4.39 Å². The van der Waals surface area contributed by atoms with Crippen molar-refractivity contribution in [1.82, 2.24) is 5.32 Å². The van der Waals surface area contributed by atoms with E-state index in [0.29, 0.717) is 12.1 Å². The fourth-order valence-corrected chi connectivity index (χ4v) is 2.52. The number of methoxy groups -OCH3 is 1. The topological polar surface area (TPSA) is 55.4 Å². The van der Waals surface area contributed by atoms with Gasteiger partial charge in [-0.05, 0) is 18.1 Å². The lowest BCUT2D eigenvalue weighted by atomic mass is 9.74. The summed E-state index contributed by atoms with van der Waals surface area (Å²) in [6.45, 7) is 2.00. The molecule has 0 aliphatic heterocycles. The smallest absolute Gasteiger partial charge is 0.328 e. The first-order valence-electron chi connectivity index (χ1n) is 7.03. The monoisotopic (exact) mass is 303 g/mol. The lowest BCUT2D eigenvalue weighted by molar-refractivity contribution is -0.158. The number of hydrogen-bond donors (Lipinski definition) is 1. The lowest BCUT2D eigenvalue weighted by Gasteiger charge is -2.33. The Hall–Kier alpha value is -2.43. The highest BCUT2D eigenvalue weighted by atomic mass is 19.1. The maximum atomic E-state index is 15.2. The molecule has 1 amide bonds. The molecule has 1 aliphatic rings. The fraction of sp³-hybridized carbons (Fsp3) is 0.294. The molecule has 1 aromatic rings. The van der Waals surface area contributed by atoms with Gasteiger partial charge in [0.15, 0.2) is 11.6 Å². The number of halogens is 1. The summed E-state index contributed by atoms with van der Waals surface area (Å²) in [5, 5.41) is 2.52. The molecule has 0 aromatic heterocycles. The van der Waals surface area contributed by atoms with Gasteiger partial charge in [0.2, 0.25) is 5.91 Å². The Bertz CT molecular complexity index is 624. The first kappa shape index (κ1) is 15.9. The van der Waals surface area contributed by atoms with Crippen LogP contribution in [0.3, 0.4) is 0 Å². The fourth-order valence-electron chi connectivity index (χ4n) is 2.52. The zero-order valence-electron chi connectivity index (χ0n) is 12.5. The van der Waals surface area contributed by atoms with Crippen molar-refractivity contribution in [3.63, 3.8) is 0 Å². The molecular weight excluding hydrogens is 285 g/mol. The summed E-state index contributed by atoms with van der Waals surface area (Å²) >= 11 is 0. The van der Waals surface area contributed by atoms with E-state index in [-0.39, 0.29) is 5.57 Å². The van der Waals surface area contributed by atoms with Gasteiger partial charge in [-0.25, -0.2) is 4.39 Å². The van der Waals surface area contributed by atoms with Crippen molar-refractivity contribution in [3.8, 4) is 0 Å². The van der Waals surface area contributed by atoms with Gasteiger partial charge in [-0.2, -0.15) is 0 Å². The van der Waals surface area contributed by atoms with Crippen LogP contribution in [0.25, 0.3) is 5.57 Å². The molecular formula is C17H18FNO3. The van der Waals surface area contributed by atoms with Crippen LogP contribution < -0.4 is 5.32 Å². The van der Waals surface area contributed by atoms with E-state index in [2.05, 4.69) is 5.32 Å². The van der Waals surface area contributed by atoms with Gasteiger partial charge < -0.3 is 10.1 Å². The zero-order chi connectivity index (χ0) is 16.2. The lowest BCUT2D eigenvalue weighted by Crippen LogP contribution is -2.52. The van der Waals surface area contributed by atoms with Crippen LogP contribution in [0.1, 0.15) is 12.5 Å². The molecule has 0 heterocycles. The van der Waals surface area contributed by atoms with E-state index in [1.54, 1.807) is 37.3 Å². The second-order valence-electron chi connectivity index (χ2n) is 4.93. The summed E-state index contributed by atoms with van der Waals surface area (Å²) in [5.41, 5.74) is -1.10. The van der Waals surface area contributed by atoms with Gasteiger partial charge in [0, 0.05) is 6.54 Å². The number of carbonyl (C=O) groups is 2. The van der Waals surface area contributed by atoms with Crippen LogP contribution >= 0.6 is 0 Å². The second kappa shape index (κ2) is 6.56.